The Morgan fingerprint density at radius 3 is 2.40 bits per heavy atom. The second-order valence-corrected chi connectivity index (χ2v) is 5.03. The third-order valence-corrected chi connectivity index (χ3v) is 3.75. The highest BCUT2D eigenvalue weighted by Gasteiger charge is 2.25. The van der Waals surface area contributed by atoms with Gasteiger partial charge in [-0.1, -0.05) is 32.1 Å². The van der Waals surface area contributed by atoms with Crippen molar-refractivity contribution in [1.29, 1.82) is 0 Å². The molecular formula is C13H22O2. The van der Waals surface area contributed by atoms with E-state index in [0.717, 1.165) is 25.9 Å². The lowest BCUT2D eigenvalue weighted by atomic mass is 9.84. The van der Waals surface area contributed by atoms with Crippen LogP contribution in [0.15, 0.2) is 0 Å². The van der Waals surface area contributed by atoms with Crippen LogP contribution in [0.1, 0.15) is 57.8 Å². The summed E-state index contributed by atoms with van der Waals surface area (Å²) >= 11 is 0. The predicted molar refractivity (Wildman–Crippen MR) is 59.8 cm³/mol. The highest BCUT2D eigenvalue weighted by molar-refractivity contribution is 5.83. The van der Waals surface area contributed by atoms with Crippen molar-refractivity contribution in [3.05, 3.63) is 0 Å². The zero-order valence-electron chi connectivity index (χ0n) is 9.54. The van der Waals surface area contributed by atoms with E-state index in [-0.39, 0.29) is 6.10 Å². The summed E-state index contributed by atoms with van der Waals surface area (Å²) in [5.74, 6) is 1.04. The molecule has 0 radical (unpaired) electrons. The van der Waals surface area contributed by atoms with Gasteiger partial charge in [-0.2, -0.15) is 0 Å². The molecule has 1 aliphatic heterocycles. The number of hydrogen-bond donors (Lipinski definition) is 0. The lowest BCUT2D eigenvalue weighted by molar-refractivity contribution is -0.134. The van der Waals surface area contributed by atoms with Crippen LogP contribution in [0.5, 0.6) is 0 Å². The van der Waals surface area contributed by atoms with Gasteiger partial charge in [0.25, 0.3) is 0 Å². The van der Waals surface area contributed by atoms with Gasteiger partial charge >= 0.3 is 0 Å². The first kappa shape index (κ1) is 11.1. The number of Topliss-reactive ketones (excluding diaryl/α,β-unsaturated/α-hetero) is 1. The summed E-state index contributed by atoms with van der Waals surface area (Å²) in [4.78, 5) is 11.9. The van der Waals surface area contributed by atoms with Gasteiger partial charge in [-0.3, -0.25) is 4.79 Å². The lowest BCUT2D eigenvalue weighted by Gasteiger charge is -2.25. The zero-order valence-corrected chi connectivity index (χ0v) is 9.54. The van der Waals surface area contributed by atoms with Crippen LogP contribution in [-0.4, -0.2) is 18.5 Å². The van der Waals surface area contributed by atoms with Crippen molar-refractivity contribution in [3.8, 4) is 0 Å². The third-order valence-electron chi connectivity index (χ3n) is 3.75. The second kappa shape index (κ2) is 5.64. The summed E-state index contributed by atoms with van der Waals surface area (Å²) in [7, 11) is 0. The molecule has 1 saturated heterocycles. The summed E-state index contributed by atoms with van der Waals surface area (Å²) in [5, 5.41) is 0. The van der Waals surface area contributed by atoms with Gasteiger partial charge in [0.2, 0.25) is 0 Å². The van der Waals surface area contributed by atoms with E-state index in [9.17, 15) is 4.79 Å². The summed E-state index contributed by atoms with van der Waals surface area (Å²) in [6.45, 7) is 0.793. The van der Waals surface area contributed by atoms with E-state index in [2.05, 4.69) is 0 Å². The Bertz CT molecular complexity index is 201. The average molecular weight is 210 g/mol. The maximum Gasteiger partial charge on any atom is 0.161 e. The molecule has 2 rings (SSSR count). The highest BCUT2D eigenvalue weighted by Crippen LogP contribution is 2.28. The Balaban J connectivity index is 1.74. The van der Waals surface area contributed by atoms with Gasteiger partial charge in [-0.25, -0.2) is 0 Å². The summed E-state index contributed by atoms with van der Waals surface area (Å²) in [6, 6.07) is 0. The minimum atomic E-state index is -0.0549. The van der Waals surface area contributed by atoms with E-state index >= 15 is 0 Å². The first-order valence-corrected chi connectivity index (χ1v) is 6.50. The Morgan fingerprint density at radius 1 is 1.00 bits per heavy atom. The van der Waals surface area contributed by atoms with Crippen molar-refractivity contribution in [1.82, 2.24) is 0 Å². The Labute approximate surface area is 92.4 Å². The molecule has 1 aliphatic carbocycles. The molecular weight excluding hydrogens is 188 g/mol. The van der Waals surface area contributed by atoms with Crippen LogP contribution in [0.4, 0.5) is 0 Å². The normalized spacial score (nSPS) is 28.9. The van der Waals surface area contributed by atoms with Crippen molar-refractivity contribution >= 4 is 5.78 Å². The third kappa shape index (κ3) is 3.30. The number of carbonyl (C=O) groups is 1. The molecule has 0 aromatic carbocycles. The Kier molecular flexibility index (Phi) is 4.18. The highest BCUT2D eigenvalue weighted by atomic mass is 16.5. The van der Waals surface area contributed by atoms with Crippen molar-refractivity contribution < 1.29 is 9.53 Å². The van der Waals surface area contributed by atoms with E-state index in [1.165, 1.54) is 38.5 Å². The summed E-state index contributed by atoms with van der Waals surface area (Å²) < 4.78 is 5.53. The second-order valence-electron chi connectivity index (χ2n) is 5.03. The molecule has 0 aromatic rings. The number of ether oxygens (including phenoxy) is 1. The summed E-state index contributed by atoms with van der Waals surface area (Å²) in [6.07, 6.45) is 10.5. The van der Waals surface area contributed by atoms with Crippen LogP contribution in [0.3, 0.4) is 0 Å². The Morgan fingerprint density at radius 2 is 1.73 bits per heavy atom. The van der Waals surface area contributed by atoms with Crippen molar-refractivity contribution in [3.63, 3.8) is 0 Å². The van der Waals surface area contributed by atoms with Gasteiger partial charge in [0.1, 0.15) is 6.10 Å². The van der Waals surface area contributed by atoms with Gasteiger partial charge in [0.05, 0.1) is 0 Å². The van der Waals surface area contributed by atoms with E-state index in [0.29, 0.717) is 11.7 Å². The van der Waals surface area contributed by atoms with E-state index in [1.54, 1.807) is 0 Å². The first-order chi connectivity index (χ1) is 7.36. The topological polar surface area (TPSA) is 26.3 Å². The van der Waals surface area contributed by atoms with Crippen LogP contribution in [0.25, 0.3) is 0 Å². The molecule has 1 saturated carbocycles. The van der Waals surface area contributed by atoms with E-state index in [4.69, 9.17) is 4.74 Å². The molecule has 0 spiro atoms. The maximum absolute atomic E-state index is 11.9. The van der Waals surface area contributed by atoms with Crippen LogP contribution < -0.4 is 0 Å². The fraction of sp³-hybridized carbons (Fsp3) is 0.923. The zero-order chi connectivity index (χ0) is 10.5. The SMILES string of the molecule is O=C(CC1CCCCC1)C1CCCCO1. The standard InChI is InChI=1S/C13H22O2/c14-12(13-8-4-5-9-15-13)10-11-6-2-1-3-7-11/h11,13H,1-10H2. The summed E-state index contributed by atoms with van der Waals surface area (Å²) in [5.41, 5.74) is 0. The van der Waals surface area contributed by atoms with Crippen LogP contribution in [0, 0.1) is 5.92 Å². The monoisotopic (exact) mass is 210 g/mol. The molecule has 0 aromatic heterocycles. The average Bonchev–Trinajstić information content (AvgIpc) is 2.31. The van der Waals surface area contributed by atoms with E-state index in [1.807, 2.05) is 0 Å². The lowest BCUT2D eigenvalue weighted by Crippen LogP contribution is -2.30. The molecule has 15 heavy (non-hydrogen) atoms. The molecule has 1 heterocycles. The van der Waals surface area contributed by atoms with Crippen molar-refractivity contribution in [2.75, 3.05) is 6.61 Å². The minimum absolute atomic E-state index is 0.0549. The van der Waals surface area contributed by atoms with Crippen molar-refractivity contribution in [2.24, 2.45) is 5.92 Å². The predicted octanol–water partition coefficient (Wildman–Crippen LogP) is 3.10. The van der Waals surface area contributed by atoms with Crippen LogP contribution in [0.2, 0.25) is 0 Å². The first-order valence-electron chi connectivity index (χ1n) is 6.50. The largest absolute Gasteiger partial charge is 0.370 e. The number of ketones is 1. The molecule has 1 atom stereocenters. The van der Waals surface area contributed by atoms with Gasteiger partial charge in [-0.15, -0.1) is 0 Å². The molecule has 0 N–H and O–H groups in total. The van der Waals surface area contributed by atoms with Gasteiger partial charge < -0.3 is 4.74 Å². The number of hydrogen-bond acceptors (Lipinski definition) is 2. The number of rotatable bonds is 3. The fourth-order valence-corrected chi connectivity index (χ4v) is 2.80. The smallest absolute Gasteiger partial charge is 0.161 e. The van der Waals surface area contributed by atoms with Crippen LogP contribution in [-0.2, 0) is 9.53 Å². The van der Waals surface area contributed by atoms with Gasteiger partial charge in [0.15, 0.2) is 5.78 Å². The molecule has 1 unspecified atom stereocenters. The van der Waals surface area contributed by atoms with Gasteiger partial charge in [0, 0.05) is 13.0 Å². The molecule has 2 aliphatic rings. The molecule has 86 valence electrons. The molecule has 2 fully saturated rings. The van der Waals surface area contributed by atoms with E-state index < -0.39 is 0 Å². The molecule has 0 bridgehead atoms. The maximum atomic E-state index is 11.9. The number of carbonyl (C=O) groups excluding carboxylic acids is 1. The fourth-order valence-electron chi connectivity index (χ4n) is 2.80. The molecule has 2 heteroatoms. The van der Waals surface area contributed by atoms with Crippen molar-refractivity contribution in [2.45, 2.75) is 63.9 Å². The molecule has 0 amide bonds. The van der Waals surface area contributed by atoms with Gasteiger partial charge in [-0.05, 0) is 25.2 Å². The minimum Gasteiger partial charge on any atom is -0.370 e. The Hall–Kier alpha value is -0.370. The van der Waals surface area contributed by atoms with Crippen LogP contribution >= 0.6 is 0 Å². The molecule has 2 nitrogen and oxygen atoms in total. The quantitative estimate of drug-likeness (QED) is 0.715.